The van der Waals surface area contributed by atoms with Gasteiger partial charge >= 0.3 is 0 Å². The second-order valence-corrected chi connectivity index (χ2v) is 10.3. The van der Waals surface area contributed by atoms with E-state index in [1.165, 1.54) is 77.0 Å². The molecule has 0 N–H and O–H groups in total. The van der Waals surface area contributed by atoms with Crippen LogP contribution in [0.25, 0.3) is 0 Å². The molecule has 148 valence electrons. The Morgan fingerprint density at radius 1 is 0.593 bits per heavy atom. The zero-order valence-corrected chi connectivity index (χ0v) is 18.3. The molecule has 0 amide bonds. The third kappa shape index (κ3) is 3.54. The van der Waals surface area contributed by atoms with Crippen molar-refractivity contribution in [3.63, 3.8) is 0 Å². The zero-order valence-electron chi connectivity index (χ0n) is 18.3. The highest BCUT2D eigenvalue weighted by molar-refractivity contribution is 5.49. The average Bonchev–Trinajstić information content (AvgIpc) is 3.05. The fourth-order valence-corrected chi connectivity index (χ4v) is 6.60. The molecule has 0 heterocycles. The van der Waals surface area contributed by atoms with Crippen LogP contribution >= 0.6 is 0 Å². The van der Waals surface area contributed by atoms with Crippen LogP contribution in [-0.4, -0.2) is 0 Å². The van der Waals surface area contributed by atoms with Gasteiger partial charge < -0.3 is 0 Å². The predicted octanol–water partition coefficient (Wildman–Crippen LogP) is 8.47. The van der Waals surface area contributed by atoms with E-state index >= 15 is 0 Å². The molecule has 0 bridgehead atoms. The van der Waals surface area contributed by atoms with Crippen molar-refractivity contribution in [2.75, 3.05) is 0 Å². The lowest BCUT2D eigenvalue weighted by atomic mass is 9.66. The number of hydrogen-bond donors (Lipinski definition) is 0. The molecule has 0 aromatic rings. The normalized spacial score (nSPS) is 30.1. The van der Waals surface area contributed by atoms with Crippen LogP contribution in [0.2, 0.25) is 0 Å². The van der Waals surface area contributed by atoms with Gasteiger partial charge in [0.1, 0.15) is 0 Å². The largest absolute Gasteiger partial charge is 0.0733 e. The van der Waals surface area contributed by atoms with Crippen LogP contribution in [0.4, 0.5) is 0 Å². The summed E-state index contributed by atoms with van der Waals surface area (Å²) in [6.45, 7) is 10.0. The number of rotatable bonds is 2. The Balaban J connectivity index is 1.65. The smallest absolute Gasteiger partial charge is 0.00458 e. The molecule has 2 atom stereocenters. The van der Waals surface area contributed by atoms with Crippen molar-refractivity contribution in [1.82, 2.24) is 0 Å². The van der Waals surface area contributed by atoms with Gasteiger partial charge in [0.2, 0.25) is 0 Å². The molecular weight excluding hydrogens is 324 g/mol. The third-order valence-electron chi connectivity index (χ3n) is 8.24. The van der Waals surface area contributed by atoms with Crippen LogP contribution in [-0.2, 0) is 0 Å². The topological polar surface area (TPSA) is 0 Å². The van der Waals surface area contributed by atoms with E-state index in [-0.39, 0.29) is 5.41 Å². The Morgan fingerprint density at radius 2 is 0.963 bits per heavy atom. The van der Waals surface area contributed by atoms with Crippen molar-refractivity contribution < 1.29 is 0 Å². The van der Waals surface area contributed by atoms with Gasteiger partial charge in [-0.15, -0.1) is 0 Å². The lowest BCUT2D eigenvalue weighted by Gasteiger charge is -2.38. The molecule has 0 nitrogen and oxygen atoms in total. The summed E-state index contributed by atoms with van der Waals surface area (Å²) in [5.41, 5.74) is 10.6. The van der Waals surface area contributed by atoms with Crippen molar-refractivity contribution in [3.05, 3.63) is 45.6 Å². The predicted molar refractivity (Wildman–Crippen MR) is 118 cm³/mol. The van der Waals surface area contributed by atoms with Gasteiger partial charge in [0, 0.05) is 11.8 Å². The van der Waals surface area contributed by atoms with Crippen LogP contribution in [0.15, 0.2) is 45.6 Å². The first-order valence-corrected chi connectivity index (χ1v) is 11.8. The summed E-state index contributed by atoms with van der Waals surface area (Å²) in [4.78, 5) is 0. The molecule has 4 aliphatic carbocycles. The van der Waals surface area contributed by atoms with Gasteiger partial charge in [0.25, 0.3) is 0 Å². The molecule has 0 radical (unpaired) electrons. The van der Waals surface area contributed by atoms with Crippen molar-refractivity contribution >= 4 is 0 Å². The standard InChI is InChI=1S/C27H40/c1-19-23-15-11-7-5-9-13-21(23)17-25(19)27(3,4)26-18-22-14-10-6-8-12-16-24(22)20(26)2/h17-18,25-26H,5-16H2,1-4H3. The number of fused-ring (bicyclic) bond motifs is 2. The Hall–Kier alpha value is -1.04. The highest BCUT2D eigenvalue weighted by Crippen LogP contribution is 2.54. The molecule has 0 saturated heterocycles. The second kappa shape index (κ2) is 7.76. The van der Waals surface area contributed by atoms with E-state index in [0.717, 1.165) is 0 Å². The molecule has 0 spiro atoms. The summed E-state index contributed by atoms with van der Waals surface area (Å²) in [6, 6.07) is 0. The van der Waals surface area contributed by atoms with E-state index in [2.05, 4.69) is 39.8 Å². The van der Waals surface area contributed by atoms with Gasteiger partial charge in [0.15, 0.2) is 0 Å². The Morgan fingerprint density at radius 3 is 1.37 bits per heavy atom. The quantitative estimate of drug-likeness (QED) is 0.461. The Kier molecular flexibility index (Phi) is 5.55. The SMILES string of the molecule is CC1=C2CCCCCCC2=CC1C(C)(C)C1C=C2CCCCCCC2=C1C. The monoisotopic (exact) mass is 364 g/mol. The van der Waals surface area contributed by atoms with E-state index in [4.69, 9.17) is 0 Å². The molecule has 27 heavy (non-hydrogen) atoms. The molecule has 2 fully saturated rings. The van der Waals surface area contributed by atoms with Crippen molar-refractivity contribution in [1.29, 1.82) is 0 Å². The lowest BCUT2D eigenvalue weighted by Crippen LogP contribution is -2.31. The fourth-order valence-electron chi connectivity index (χ4n) is 6.60. The Bertz CT molecular complexity index is 646. The first kappa shape index (κ1) is 19.3. The molecule has 2 saturated carbocycles. The molecule has 2 unspecified atom stereocenters. The highest BCUT2D eigenvalue weighted by atomic mass is 14.5. The van der Waals surface area contributed by atoms with Crippen LogP contribution < -0.4 is 0 Å². The molecule has 0 aromatic heterocycles. The van der Waals surface area contributed by atoms with Gasteiger partial charge in [-0.2, -0.15) is 0 Å². The van der Waals surface area contributed by atoms with Crippen LogP contribution in [0.3, 0.4) is 0 Å². The molecule has 4 aliphatic rings. The summed E-state index contributed by atoms with van der Waals surface area (Å²) in [5, 5.41) is 0. The summed E-state index contributed by atoms with van der Waals surface area (Å²) in [7, 11) is 0. The molecule has 0 heteroatoms. The lowest BCUT2D eigenvalue weighted by molar-refractivity contribution is 0.233. The van der Waals surface area contributed by atoms with E-state index in [1.54, 1.807) is 33.4 Å². The van der Waals surface area contributed by atoms with E-state index in [1.807, 2.05) is 0 Å². The van der Waals surface area contributed by atoms with Crippen molar-refractivity contribution in [3.8, 4) is 0 Å². The summed E-state index contributed by atoms with van der Waals surface area (Å²) in [5.74, 6) is 1.25. The van der Waals surface area contributed by atoms with Gasteiger partial charge in [-0.1, -0.05) is 62.8 Å². The van der Waals surface area contributed by atoms with E-state index in [0.29, 0.717) is 11.8 Å². The Labute approximate surface area is 167 Å². The minimum Gasteiger partial charge on any atom is -0.0733 e. The summed E-state index contributed by atoms with van der Waals surface area (Å²) in [6.07, 6.45) is 22.0. The first-order chi connectivity index (χ1) is 13.0. The van der Waals surface area contributed by atoms with Gasteiger partial charge in [0.05, 0.1) is 0 Å². The molecule has 0 aliphatic heterocycles. The van der Waals surface area contributed by atoms with E-state index < -0.39 is 0 Å². The highest BCUT2D eigenvalue weighted by Gasteiger charge is 2.42. The van der Waals surface area contributed by atoms with E-state index in [9.17, 15) is 0 Å². The van der Waals surface area contributed by atoms with Gasteiger partial charge in [-0.05, 0) is 92.9 Å². The van der Waals surface area contributed by atoms with Crippen molar-refractivity contribution in [2.45, 2.75) is 105 Å². The minimum absolute atomic E-state index is 0.288. The van der Waals surface area contributed by atoms with Crippen LogP contribution in [0.1, 0.15) is 105 Å². The zero-order chi connectivity index (χ0) is 19.0. The van der Waals surface area contributed by atoms with Crippen LogP contribution in [0, 0.1) is 17.3 Å². The minimum atomic E-state index is 0.288. The fraction of sp³-hybridized carbons (Fsp3) is 0.704. The number of hydrogen-bond acceptors (Lipinski definition) is 0. The summed E-state index contributed by atoms with van der Waals surface area (Å²) < 4.78 is 0. The molecule has 0 aromatic carbocycles. The van der Waals surface area contributed by atoms with Crippen molar-refractivity contribution in [2.24, 2.45) is 17.3 Å². The first-order valence-electron chi connectivity index (χ1n) is 11.8. The average molecular weight is 365 g/mol. The molecular formula is C27H40. The summed E-state index contributed by atoms with van der Waals surface area (Å²) >= 11 is 0. The van der Waals surface area contributed by atoms with Crippen LogP contribution in [0.5, 0.6) is 0 Å². The maximum Gasteiger partial charge on any atom is 0.00458 e. The maximum atomic E-state index is 2.70. The number of allylic oxidation sites excluding steroid dienone is 8. The van der Waals surface area contributed by atoms with Gasteiger partial charge in [-0.25, -0.2) is 0 Å². The second-order valence-electron chi connectivity index (χ2n) is 10.3. The molecule has 4 rings (SSSR count). The van der Waals surface area contributed by atoms with Gasteiger partial charge in [-0.3, -0.25) is 0 Å². The third-order valence-corrected chi connectivity index (χ3v) is 8.24. The maximum absolute atomic E-state index is 2.70.